The second kappa shape index (κ2) is 6.12. The van der Waals surface area contributed by atoms with Gasteiger partial charge in [-0.1, -0.05) is 19.1 Å². The van der Waals surface area contributed by atoms with Crippen LogP contribution in [0.1, 0.15) is 38.8 Å². The van der Waals surface area contributed by atoms with Gasteiger partial charge < -0.3 is 10.1 Å². The van der Waals surface area contributed by atoms with E-state index in [-0.39, 0.29) is 17.5 Å². The number of halogens is 1. The highest BCUT2D eigenvalue weighted by molar-refractivity contribution is 5.19. The van der Waals surface area contributed by atoms with Gasteiger partial charge in [0.2, 0.25) is 0 Å². The molecule has 1 atom stereocenters. The Bertz CT molecular complexity index is 335. The average molecular weight is 239 g/mol. The molecule has 1 N–H and O–H groups in total. The van der Waals surface area contributed by atoms with Crippen molar-refractivity contribution in [2.24, 2.45) is 0 Å². The molecule has 1 unspecified atom stereocenters. The van der Waals surface area contributed by atoms with Crippen LogP contribution in [0.25, 0.3) is 0 Å². The highest BCUT2D eigenvalue weighted by atomic mass is 19.1. The minimum Gasteiger partial charge on any atom is -0.377 e. The molecule has 0 aliphatic heterocycles. The molecule has 0 aliphatic carbocycles. The summed E-state index contributed by atoms with van der Waals surface area (Å²) in [5, 5.41) is 3.45. The van der Waals surface area contributed by atoms with Gasteiger partial charge in [0.15, 0.2) is 0 Å². The van der Waals surface area contributed by atoms with Crippen LogP contribution in [0, 0.1) is 5.82 Å². The molecule has 0 aliphatic rings. The summed E-state index contributed by atoms with van der Waals surface area (Å²) in [5.41, 5.74) is 0.925. The van der Waals surface area contributed by atoms with Crippen LogP contribution in [0.15, 0.2) is 24.3 Å². The van der Waals surface area contributed by atoms with E-state index >= 15 is 0 Å². The number of rotatable bonds is 6. The first-order valence-corrected chi connectivity index (χ1v) is 6.02. The Balaban J connectivity index is 2.63. The maximum absolute atomic E-state index is 12.8. The van der Waals surface area contributed by atoms with E-state index in [1.54, 1.807) is 7.11 Å². The van der Waals surface area contributed by atoms with E-state index in [1.807, 2.05) is 26.0 Å². The number of ether oxygens (including phenoxy) is 1. The first kappa shape index (κ1) is 14.1. The van der Waals surface area contributed by atoms with Crippen LogP contribution in [-0.2, 0) is 4.74 Å². The van der Waals surface area contributed by atoms with Crippen LogP contribution in [0.2, 0.25) is 0 Å². The summed E-state index contributed by atoms with van der Waals surface area (Å²) >= 11 is 0. The molecule has 1 aromatic carbocycles. The smallest absolute Gasteiger partial charge is 0.123 e. The molecule has 17 heavy (non-hydrogen) atoms. The summed E-state index contributed by atoms with van der Waals surface area (Å²) in [6.45, 7) is 6.95. The van der Waals surface area contributed by atoms with Crippen LogP contribution >= 0.6 is 0 Å². The Morgan fingerprint density at radius 2 is 1.88 bits per heavy atom. The van der Waals surface area contributed by atoms with Gasteiger partial charge in [-0.3, -0.25) is 0 Å². The molecule has 0 radical (unpaired) electrons. The summed E-state index contributed by atoms with van der Waals surface area (Å²) in [7, 11) is 1.71. The van der Waals surface area contributed by atoms with Crippen molar-refractivity contribution < 1.29 is 9.13 Å². The van der Waals surface area contributed by atoms with Crippen LogP contribution in [0.3, 0.4) is 0 Å². The van der Waals surface area contributed by atoms with E-state index in [0.717, 1.165) is 18.5 Å². The fraction of sp³-hybridized carbons (Fsp3) is 0.571. The molecule has 3 heteroatoms. The topological polar surface area (TPSA) is 21.3 Å². The average Bonchev–Trinajstić information content (AvgIpc) is 2.32. The summed E-state index contributed by atoms with van der Waals surface area (Å²) in [5.74, 6) is -0.194. The molecule has 0 aromatic heterocycles. The number of hydrogen-bond acceptors (Lipinski definition) is 2. The molecule has 0 fully saturated rings. The van der Waals surface area contributed by atoms with Crippen molar-refractivity contribution >= 4 is 0 Å². The maximum Gasteiger partial charge on any atom is 0.123 e. The Morgan fingerprint density at radius 1 is 1.29 bits per heavy atom. The van der Waals surface area contributed by atoms with Crippen molar-refractivity contribution in [3.63, 3.8) is 0 Å². The second-order valence-electron chi connectivity index (χ2n) is 4.86. The van der Waals surface area contributed by atoms with Crippen molar-refractivity contribution in [1.82, 2.24) is 5.32 Å². The lowest BCUT2D eigenvalue weighted by molar-refractivity contribution is 0.0209. The van der Waals surface area contributed by atoms with Crippen molar-refractivity contribution in [2.75, 3.05) is 13.7 Å². The van der Waals surface area contributed by atoms with Gasteiger partial charge in [0.05, 0.1) is 5.60 Å². The maximum atomic E-state index is 12.8. The minimum absolute atomic E-state index is 0.187. The zero-order chi connectivity index (χ0) is 12.9. The zero-order valence-electron chi connectivity index (χ0n) is 11.1. The molecule has 1 aromatic rings. The normalized spacial score (nSPS) is 13.7. The quantitative estimate of drug-likeness (QED) is 0.822. The van der Waals surface area contributed by atoms with E-state index in [0.29, 0.717) is 0 Å². The Labute approximate surface area is 103 Å². The highest BCUT2D eigenvalue weighted by Crippen LogP contribution is 2.18. The third-order valence-electron chi connectivity index (χ3n) is 3.01. The number of nitrogens with one attached hydrogen (secondary N) is 1. The molecule has 0 spiro atoms. The molecular weight excluding hydrogens is 217 g/mol. The number of hydrogen-bond donors (Lipinski definition) is 1. The van der Waals surface area contributed by atoms with E-state index in [9.17, 15) is 4.39 Å². The third-order valence-corrected chi connectivity index (χ3v) is 3.01. The lowest BCUT2D eigenvalue weighted by Gasteiger charge is -2.27. The standard InChI is InChI=1S/C14H22FNO/c1-5-13(16-10-14(2,3)17-4)11-6-8-12(15)9-7-11/h6-9,13,16H,5,10H2,1-4H3. The number of methoxy groups -OCH3 is 1. The van der Waals surface area contributed by atoms with Gasteiger partial charge in [-0.05, 0) is 38.0 Å². The summed E-state index contributed by atoms with van der Waals surface area (Å²) < 4.78 is 18.2. The van der Waals surface area contributed by atoms with Crippen molar-refractivity contribution in [2.45, 2.75) is 38.8 Å². The van der Waals surface area contributed by atoms with E-state index < -0.39 is 0 Å². The molecule has 0 saturated carbocycles. The monoisotopic (exact) mass is 239 g/mol. The summed E-state index contributed by atoms with van der Waals surface area (Å²) in [4.78, 5) is 0. The molecule has 0 bridgehead atoms. The van der Waals surface area contributed by atoms with Gasteiger partial charge >= 0.3 is 0 Å². The molecule has 1 rings (SSSR count). The summed E-state index contributed by atoms with van der Waals surface area (Å²) in [6.07, 6.45) is 0.964. The van der Waals surface area contributed by atoms with Crippen LogP contribution in [-0.4, -0.2) is 19.3 Å². The van der Waals surface area contributed by atoms with Crippen LogP contribution < -0.4 is 5.32 Å². The van der Waals surface area contributed by atoms with Crippen LogP contribution in [0.4, 0.5) is 4.39 Å². The van der Waals surface area contributed by atoms with Gasteiger partial charge in [0.25, 0.3) is 0 Å². The van der Waals surface area contributed by atoms with Gasteiger partial charge in [0, 0.05) is 19.7 Å². The Kier molecular flexibility index (Phi) is 5.09. The molecule has 0 heterocycles. The lowest BCUT2D eigenvalue weighted by Crippen LogP contribution is -2.38. The molecular formula is C14H22FNO. The lowest BCUT2D eigenvalue weighted by atomic mass is 10.0. The minimum atomic E-state index is -0.194. The second-order valence-corrected chi connectivity index (χ2v) is 4.86. The van der Waals surface area contributed by atoms with E-state index in [2.05, 4.69) is 12.2 Å². The molecule has 2 nitrogen and oxygen atoms in total. The van der Waals surface area contributed by atoms with Gasteiger partial charge in [-0.2, -0.15) is 0 Å². The molecule has 96 valence electrons. The fourth-order valence-corrected chi connectivity index (χ4v) is 1.63. The fourth-order valence-electron chi connectivity index (χ4n) is 1.63. The third kappa shape index (κ3) is 4.44. The SMILES string of the molecule is CCC(NCC(C)(C)OC)c1ccc(F)cc1. The number of benzene rings is 1. The van der Waals surface area contributed by atoms with Crippen LogP contribution in [0.5, 0.6) is 0 Å². The van der Waals surface area contributed by atoms with Crippen molar-refractivity contribution in [1.29, 1.82) is 0 Å². The van der Waals surface area contributed by atoms with E-state index in [4.69, 9.17) is 4.74 Å². The first-order chi connectivity index (χ1) is 7.98. The Hall–Kier alpha value is -0.930. The Morgan fingerprint density at radius 3 is 2.35 bits per heavy atom. The predicted molar refractivity (Wildman–Crippen MR) is 68.5 cm³/mol. The molecule has 0 amide bonds. The van der Waals surface area contributed by atoms with Gasteiger partial charge in [-0.15, -0.1) is 0 Å². The van der Waals surface area contributed by atoms with Gasteiger partial charge in [-0.25, -0.2) is 4.39 Å². The van der Waals surface area contributed by atoms with Gasteiger partial charge in [0.1, 0.15) is 5.82 Å². The van der Waals surface area contributed by atoms with Crippen molar-refractivity contribution in [3.05, 3.63) is 35.6 Å². The van der Waals surface area contributed by atoms with E-state index in [1.165, 1.54) is 12.1 Å². The zero-order valence-corrected chi connectivity index (χ0v) is 11.1. The molecule has 0 saturated heterocycles. The largest absolute Gasteiger partial charge is 0.377 e. The highest BCUT2D eigenvalue weighted by Gasteiger charge is 2.18. The van der Waals surface area contributed by atoms with Crippen molar-refractivity contribution in [3.8, 4) is 0 Å². The summed E-state index contributed by atoms with van der Waals surface area (Å²) in [6, 6.07) is 6.90. The first-order valence-electron chi connectivity index (χ1n) is 6.02. The predicted octanol–water partition coefficient (Wildman–Crippen LogP) is 3.29.